The van der Waals surface area contributed by atoms with E-state index in [0.717, 1.165) is 40.1 Å². The van der Waals surface area contributed by atoms with Crippen LogP contribution in [0.1, 0.15) is 18.3 Å². The van der Waals surface area contributed by atoms with E-state index in [1.807, 2.05) is 65.2 Å². The molecule has 1 N–H and O–H groups in total. The number of hydrogen-bond acceptors (Lipinski definition) is 5. The van der Waals surface area contributed by atoms with Crippen LogP contribution in [-0.4, -0.2) is 36.5 Å². The van der Waals surface area contributed by atoms with Crippen molar-refractivity contribution >= 4 is 33.8 Å². The lowest BCUT2D eigenvalue weighted by Crippen LogP contribution is -2.29. The first kappa shape index (κ1) is 19.5. The van der Waals surface area contributed by atoms with Gasteiger partial charge in [0.25, 0.3) is 5.56 Å². The van der Waals surface area contributed by atoms with E-state index >= 15 is 0 Å². The normalized spacial score (nSPS) is 12.4. The van der Waals surface area contributed by atoms with Crippen LogP contribution in [-0.2, 0) is 0 Å². The van der Waals surface area contributed by atoms with E-state index in [-0.39, 0.29) is 11.6 Å². The number of H-pyrrole nitrogens is 1. The zero-order chi connectivity index (χ0) is 21.2. The summed E-state index contributed by atoms with van der Waals surface area (Å²) in [5.41, 5.74) is 4.39. The summed E-state index contributed by atoms with van der Waals surface area (Å²) in [6.07, 6.45) is 6.21. The molecule has 0 bridgehead atoms. The van der Waals surface area contributed by atoms with Gasteiger partial charge in [-0.25, -0.2) is 9.97 Å². The Morgan fingerprint density at radius 3 is 2.58 bits per heavy atom. The minimum Gasteiger partial charge on any atom is -0.340 e. The minimum atomic E-state index is -0.240. The van der Waals surface area contributed by atoms with Gasteiger partial charge in [-0.1, -0.05) is 24.3 Å². The summed E-state index contributed by atoms with van der Waals surface area (Å²) in [4.78, 5) is 31.0. The molecule has 6 nitrogen and oxygen atoms in total. The summed E-state index contributed by atoms with van der Waals surface area (Å²) in [6.45, 7) is 0. The molecule has 0 saturated carbocycles. The number of benzene rings is 2. The van der Waals surface area contributed by atoms with Gasteiger partial charge in [0.1, 0.15) is 11.5 Å². The van der Waals surface area contributed by atoms with E-state index in [4.69, 9.17) is 9.97 Å². The summed E-state index contributed by atoms with van der Waals surface area (Å²) < 4.78 is 1.85. The Labute approximate surface area is 183 Å². The molecule has 3 aromatic heterocycles. The number of hydrogen-bond donors (Lipinski definition) is 1. The van der Waals surface area contributed by atoms with Crippen LogP contribution in [0.15, 0.2) is 77.9 Å². The molecule has 0 saturated heterocycles. The van der Waals surface area contributed by atoms with Gasteiger partial charge in [-0.15, -0.1) is 0 Å². The Balaban J connectivity index is 1.79. The Bertz CT molecular complexity index is 1380. The second kappa shape index (κ2) is 8.35. The van der Waals surface area contributed by atoms with Crippen molar-refractivity contribution in [3.63, 3.8) is 0 Å². The van der Waals surface area contributed by atoms with Crippen LogP contribution < -0.4 is 5.56 Å². The van der Waals surface area contributed by atoms with Crippen molar-refractivity contribution in [2.24, 2.45) is 0 Å². The van der Waals surface area contributed by atoms with Gasteiger partial charge < -0.3 is 4.98 Å². The molecule has 5 rings (SSSR count). The molecule has 0 aliphatic carbocycles. The van der Waals surface area contributed by atoms with Gasteiger partial charge in [-0.05, 0) is 54.8 Å². The van der Waals surface area contributed by atoms with Gasteiger partial charge in [-0.3, -0.25) is 14.3 Å². The van der Waals surface area contributed by atoms with E-state index in [9.17, 15) is 4.79 Å². The van der Waals surface area contributed by atoms with Gasteiger partial charge >= 0.3 is 0 Å². The van der Waals surface area contributed by atoms with Crippen LogP contribution in [0.2, 0.25) is 0 Å². The molecule has 5 aromatic rings. The maximum absolute atomic E-state index is 13.8. The molecule has 0 aliphatic rings. The Morgan fingerprint density at radius 1 is 1.00 bits per heavy atom. The lowest BCUT2D eigenvalue weighted by molar-refractivity contribution is 0.545. The molecule has 0 amide bonds. The van der Waals surface area contributed by atoms with E-state index in [0.29, 0.717) is 11.3 Å². The monoisotopic (exact) mass is 427 g/mol. The fourth-order valence-electron chi connectivity index (χ4n) is 3.90. The smallest absolute Gasteiger partial charge is 0.278 e. The topological polar surface area (TPSA) is 76.5 Å². The van der Waals surface area contributed by atoms with Gasteiger partial charge in [0.2, 0.25) is 0 Å². The molecule has 3 heterocycles. The number of imidazole rings is 1. The highest BCUT2D eigenvalue weighted by Gasteiger charge is 2.23. The second-order valence-corrected chi connectivity index (χ2v) is 8.29. The Hall–Kier alpha value is -3.45. The first-order valence-corrected chi connectivity index (χ1v) is 11.5. The van der Waals surface area contributed by atoms with Crippen LogP contribution in [0.4, 0.5) is 0 Å². The number of aromatic amines is 1. The first-order chi connectivity index (χ1) is 15.3. The number of rotatable bonds is 6. The van der Waals surface area contributed by atoms with Crippen LogP contribution in [0.25, 0.3) is 33.3 Å². The lowest BCUT2D eigenvalue weighted by Gasteiger charge is -2.21. The molecule has 154 valence electrons. The standard InChI is InChI=1S/C24H21N5OS/c1-31-14-12-21(23-27-17-8-2-3-9-18(17)28-23)29-20-11-5-4-10-19(20)26-22(24(29)30)16-7-6-13-25-15-16/h2-11,13,15,21H,12,14H2,1H3,(H,27,28). The summed E-state index contributed by atoms with van der Waals surface area (Å²) in [7, 11) is 0. The van der Waals surface area contributed by atoms with Crippen molar-refractivity contribution in [2.45, 2.75) is 12.5 Å². The third-order valence-electron chi connectivity index (χ3n) is 5.36. The third kappa shape index (κ3) is 3.61. The fourth-order valence-corrected chi connectivity index (χ4v) is 4.36. The molecule has 0 fully saturated rings. The van der Waals surface area contributed by atoms with Crippen LogP contribution in [0.5, 0.6) is 0 Å². The predicted octanol–water partition coefficient (Wildman–Crippen LogP) is 4.68. The average Bonchev–Trinajstić information content (AvgIpc) is 3.25. The highest BCUT2D eigenvalue weighted by molar-refractivity contribution is 7.98. The van der Waals surface area contributed by atoms with Gasteiger partial charge in [-0.2, -0.15) is 11.8 Å². The van der Waals surface area contributed by atoms with Crippen molar-refractivity contribution in [3.05, 3.63) is 89.2 Å². The number of fused-ring (bicyclic) bond motifs is 2. The number of aromatic nitrogens is 5. The van der Waals surface area contributed by atoms with E-state index in [1.165, 1.54) is 0 Å². The lowest BCUT2D eigenvalue weighted by atomic mass is 10.1. The quantitative estimate of drug-likeness (QED) is 0.426. The second-order valence-electron chi connectivity index (χ2n) is 7.30. The predicted molar refractivity (Wildman–Crippen MR) is 126 cm³/mol. The molecule has 0 aliphatic heterocycles. The van der Waals surface area contributed by atoms with Gasteiger partial charge in [0.05, 0.1) is 28.1 Å². The molecule has 31 heavy (non-hydrogen) atoms. The Kier molecular flexibility index (Phi) is 5.26. The first-order valence-electron chi connectivity index (χ1n) is 10.1. The van der Waals surface area contributed by atoms with Crippen LogP contribution in [0, 0.1) is 0 Å². The number of para-hydroxylation sites is 4. The number of nitrogens with one attached hydrogen (secondary N) is 1. The van der Waals surface area contributed by atoms with Crippen molar-refractivity contribution in [2.75, 3.05) is 12.0 Å². The fraction of sp³-hybridized carbons (Fsp3) is 0.167. The SMILES string of the molecule is CSCCC(c1nc2ccccc2[nH]1)n1c(=O)c(-c2cccnc2)nc2ccccc21. The minimum absolute atomic E-state index is 0.141. The summed E-state index contributed by atoms with van der Waals surface area (Å²) >= 11 is 1.76. The molecular weight excluding hydrogens is 406 g/mol. The van der Waals surface area contributed by atoms with E-state index in [2.05, 4.69) is 16.2 Å². The molecule has 7 heteroatoms. The highest BCUT2D eigenvalue weighted by atomic mass is 32.2. The number of pyridine rings is 1. The van der Waals surface area contributed by atoms with E-state index < -0.39 is 0 Å². The summed E-state index contributed by atoms with van der Waals surface area (Å²) in [6, 6.07) is 19.2. The number of nitrogens with zero attached hydrogens (tertiary/aromatic N) is 4. The van der Waals surface area contributed by atoms with Crippen molar-refractivity contribution in [3.8, 4) is 11.3 Å². The Morgan fingerprint density at radius 2 is 1.81 bits per heavy atom. The van der Waals surface area contributed by atoms with Crippen LogP contribution in [0.3, 0.4) is 0 Å². The summed E-state index contributed by atoms with van der Waals surface area (Å²) in [5.74, 6) is 1.68. The molecule has 2 aromatic carbocycles. The molecule has 0 spiro atoms. The van der Waals surface area contributed by atoms with Crippen molar-refractivity contribution in [1.29, 1.82) is 0 Å². The maximum atomic E-state index is 13.8. The van der Waals surface area contributed by atoms with Crippen molar-refractivity contribution < 1.29 is 0 Å². The third-order valence-corrected chi connectivity index (χ3v) is 6.00. The molecular formula is C24H21N5OS. The van der Waals surface area contributed by atoms with Gasteiger partial charge in [0, 0.05) is 18.0 Å². The summed E-state index contributed by atoms with van der Waals surface area (Å²) in [5, 5.41) is 0. The van der Waals surface area contributed by atoms with Gasteiger partial charge in [0.15, 0.2) is 0 Å². The molecule has 1 atom stereocenters. The zero-order valence-corrected chi connectivity index (χ0v) is 17.8. The zero-order valence-electron chi connectivity index (χ0n) is 17.0. The molecule has 1 unspecified atom stereocenters. The average molecular weight is 428 g/mol. The van der Waals surface area contributed by atoms with Crippen molar-refractivity contribution in [1.82, 2.24) is 24.5 Å². The van der Waals surface area contributed by atoms with Crippen LogP contribution >= 0.6 is 11.8 Å². The molecule has 0 radical (unpaired) electrons. The maximum Gasteiger partial charge on any atom is 0.278 e. The number of thioether (sulfide) groups is 1. The largest absolute Gasteiger partial charge is 0.340 e. The van der Waals surface area contributed by atoms with E-state index in [1.54, 1.807) is 24.2 Å². The highest BCUT2D eigenvalue weighted by Crippen LogP contribution is 2.27.